The van der Waals surface area contributed by atoms with Crippen molar-refractivity contribution in [3.05, 3.63) is 34.3 Å². The standard InChI is InChI=1S/C12H14N4O3S/c1-3-19-12(18)11-15-8(7-20-11)10(17)14-6-9-13-4-5-16(9)2/h4-5,7H,3,6H2,1-2H3,(H,14,17). The lowest BCUT2D eigenvalue weighted by molar-refractivity contribution is 0.0526. The maximum atomic E-state index is 11.9. The van der Waals surface area contributed by atoms with Gasteiger partial charge in [-0.1, -0.05) is 0 Å². The molecule has 1 N–H and O–H groups in total. The first-order valence-electron chi connectivity index (χ1n) is 5.99. The van der Waals surface area contributed by atoms with Crippen molar-refractivity contribution in [3.8, 4) is 0 Å². The van der Waals surface area contributed by atoms with Crippen LogP contribution in [0.25, 0.3) is 0 Å². The number of ether oxygens (including phenoxy) is 1. The summed E-state index contributed by atoms with van der Waals surface area (Å²) in [7, 11) is 1.84. The molecule has 0 fully saturated rings. The number of thiazole rings is 1. The third-order valence-corrected chi connectivity index (χ3v) is 3.34. The molecule has 2 heterocycles. The average molecular weight is 294 g/mol. The zero-order chi connectivity index (χ0) is 14.5. The van der Waals surface area contributed by atoms with Gasteiger partial charge in [0.05, 0.1) is 13.2 Å². The third-order valence-electron chi connectivity index (χ3n) is 2.51. The summed E-state index contributed by atoms with van der Waals surface area (Å²) >= 11 is 1.09. The Morgan fingerprint density at radius 1 is 1.50 bits per heavy atom. The highest BCUT2D eigenvalue weighted by atomic mass is 32.1. The van der Waals surface area contributed by atoms with Crippen LogP contribution in [0.3, 0.4) is 0 Å². The first-order valence-corrected chi connectivity index (χ1v) is 6.86. The van der Waals surface area contributed by atoms with Crippen LogP contribution in [0.2, 0.25) is 0 Å². The highest BCUT2D eigenvalue weighted by Gasteiger charge is 2.16. The number of aryl methyl sites for hydroxylation is 1. The molecule has 0 aliphatic carbocycles. The monoisotopic (exact) mass is 294 g/mol. The summed E-state index contributed by atoms with van der Waals surface area (Å²) in [6.45, 7) is 2.29. The van der Waals surface area contributed by atoms with E-state index in [1.165, 1.54) is 5.38 Å². The molecule has 0 bridgehead atoms. The van der Waals surface area contributed by atoms with Crippen LogP contribution < -0.4 is 5.32 Å². The maximum Gasteiger partial charge on any atom is 0.367 e. The lowest BCUT2D eigenvalue weighted by atomic mass is 10.4. The minimum absolute atomic E-state index is 0.175. The van der Waals surface area contributed by atoms with Gasteiger partial charge in [-0.3, -0.25) is 4.79 Å². The molecule has 2 aromatic heterocycles. The summed E-state index contributed by atoms with van der Waals surface area (Å²) in [6.07, 6.45) is 3.45. The number of hydrogen-bond acceptors (Lipinski definition) is 6. The molecule has 0 aliphatic rings. The molecule has 0 unspecified atom stereocenters. The lowest BCUT2D eigenvalue weighted by Gasteiger charge is -2.03. The number of rotatable bonds is 5. The number of nitrogens with zero attached hydrogens (tertiary/aromatic N) is 3. The Labute approximate surface area is 119 Å². The molecule has 0 saturated heterocycles. The summed E-state index contributed by atoms with van der Waals surface area (Å²) in [6, 6.07) is 0. The fourth-order valence-corrected chi connectivity index (χ4v) is 2.17. The van der Waals surface area contributed by atoms with Gasteiger partial charge in [-0.05, 0) is 6.92 Å². The molecule has 2 rings (SSSR count). The van der Waals surface area contributed by atoms with E-state index in [4.69, 9.17) is 4.74 Å². The Morgan fingerprint density at radius 3 is 2.95 bits per heavy atom. The van der Waals surface area contributed by atoms with Crippen molar-refractivity contribution in [2.75, 3.05) is 6.61 Å². The Bertz CT molecular complexity index is 620. The van der Waals surface area contributed by atoms with Crippen LogP contribution in [0.4, 0.5) is 0 Å². The van der Waals surface area contributed by atoms with Gasteiger partial charge in [0.25, 0.3) is 5.91 Å². The number of nitrogens with one attached hydrogen (secondary N) is 1. The zero-order valence-corrected chi connectivity index (χ0v) is 11.9. The van der Waals surface area contributed by atoms with E-state index >= 15 is 0 Å². The van der Waals surface area contributed by atoms with Crippen molar-refractivity contribution >= 4 is 23.2 Å². The number of aromatic nitrogens is 3. The molecule has 0 atom stereocenters. The third kappa shape index (κ3) is 3.21. The fraction of sp³-hybridized carbons (Fsp3) is 0.333. The number of amides is 1. The minimum atomic E-state index is -0.513. The van der Waals surface area contributed by atoms with Gasteiger partial charge < -0.3 is 14.6 Å². The van der Waals surface area contributed by atoms with Crippen LogP contribution in [-0.2, 0) is 18.3 Å². The molecule has 8 heteroatoms. The first kappa shape index (κ1) is 14.2. The number of hydrogen-bond donors (Lipinski definition) is 1. The van der Waals surface area contributed by atoms with Gasteiger partial charge in [0.1, 0.15) is 11.5 Å². The Hall–Kier alpha value is -2.22. The molecule has 0 aliphatic heterocycles. The van der Waals surface area contributed by atoms with E-state index in [0.29, 0.717) is 6.54 Å². The summed E-state index contributed by atoms with van der Waals surface area (Å²) in [5.41, 5.74) is 0.201. The van der Waals surface area contributed by atoms with Gasteiger partial charge >= 0.3 is 5.97 Å². The van der Waals surface area contributed by atoms with E-state index < -0.39 is 5.97 Å². The highest BCUT2D eigenvalue weighted by molar-refractivity contribution is 7.11. The quantitative estimate of drug-likeness (QED) is 0.831. The molecule has 0 saturated carbocycles. The van der Waals surface area contributed by atoms with E-state index in [1.54, 1.807) is 19.3 Å². The Balaban J connectivity index is 1.96. The summed E-state index contributed by atoms with van der Waals surface area (Å²) in [5.74, 6) is -0.125. The van der Waals surface area contributed by atoms with Crippen LogP contribution in [0.5, 0.6) is 0 Å². The van der Waals surface area contributed by atoms with Crippen molar-refractivity contribution in [2.24, 2.45) is 7.05 Å². The van der Waals surface area contributed by atoms with Gasteiger partial charge in [0.2, 0.25) is 5.01 Å². The molecule has 0 radical (unpaired) electrons. The SMILES string of the molecule is CCOC(=O)c1nc(C(=O)NCc2nccn2C)cs1. The summed E-state index contributed by atoms with van der Waals surface area (Å²) < 4.78 is 6.63. The van der Waals surface area contributed by atoms with E-state index in [0.717, 1.165) is 17.2 Å². The van der Waals surface area contributed by atoms with Crippen LogP contribution in [0.1, 0.15) is 33.0 Å². The predicted molar refractivity (Wildman–Crippen MR) is 72.4 cm³/mol. The van der Waals surface area contributed by atoms with Gasteiger partial charge in [-0.25, -0.2) is 14.8 Å². The van der Waals surface area contributed by atoms with Crippen molar-refractivity contribution in [1.82, 2.24) is 19.9 Å². The number of esters is 1. The Morgan fingerprint density at radius 2 is 2.30 bits per heavy atom. The number of imidazole rings is 1. The van der Waals surface area contributed by atoms with E-state index in [-0.39, 0.29) is 23.2 Å². The van der Waals surface area contributed by atoms with Crippen LogP contribution in [0.15, 0.2) is 17.8 Å². The second-order valence-corrected chi connectivity index (χ2v) is 4.75. The van der Waals surface area contributed by atoms with E-state index in [9.17, 15) is 9.59 Å². The molecule has 1 amide bonds. The first-order chi connectivity index (χ1) is 9.61. The molecule has 20 heavy (non-hydrogen) atoms. The molecular formula is C12H14N4O3S. The smallest absolute Gasteiger partial charge is 0.367 e. The molecule has 7 nitrogen and oxygen atoms in total. The summed E-state index contributed by atoms with van der Waals surface area (Å²) in [5, 5.41) is 4.40. The maximum absolute atomic E-state index is 11.9. The lowest BCUT2D eigenvalue weighted by Crippen LogP contribution is -2.24. The number of carbonyl (C=O) groups excluding carboxylic acids is 2. The normalized spacial score (nSPS) is 10.3. The molecule has 2 aromatic rings. The zero-order valence-electron chi connectivity index (χ0n) is 11.1. The molecule has 106 valence electrons. The fourth-order valence-electron chi connectivity index (χ4n) is 1.48. The molecule has 0 spiro atoms. The minimum Gasteiger partial charge on any atom is -0.461 e. The summed E-state index contributed by atoms with van der Waals surface area (Å²) in [4.78, 5) is 31.4. The number of carbonyl (C=O) groups is 2. The van der Waals surface area contributed by atoms with Gasteiger partial charge in [-0.15, -0.1) is 11.3 Å². The average Bonchev–Trinajstić information content (AvgIpc) is 3.05. The van der Waals surface area contributed by atoms with Crippen molar-refractivity contribution in [3.63, 3.8) is 0 Å². The van der Waals surface area contributed by atoms with Crippen LogP contribution in [-0.4, -0.2) is 33.0 Å². The van der Waals surface area contributed by atoms with Crippen LogP contribution in [0, 0.1) is 0 Å². The van der Waals surface area contributed by atoms with Gasteiger partial charge in [0, 0.05) is 24.8 Å². The van der Waals surface area contributed by atoms with Gasteiger partial charge in [-0.2, -0.15) is 0 Å². The van der Waals surface area contributed by atoms with Crippen molar-refractivity contribution in [2.45, 2.75) is 13.5 Å². The van der Waals surface area contributed by atoms with E-state index in [1.807, 2.05) is 11.6 Å². The highest BCUT2D eigenvalue weighted by Crippen LogP contribution is 2.11. The van der Waals surface area contributed by atoms with Crippen molar-refractivity contribution < 1.29 is 14.3 Å². The predicted octanol–water partition coefficient (Wildman–Crippen LogP) is 0.983. The second kappa shape index (κ2) is 6.29. The Kier molecular flexibility index (Phi) is 4.46. The molecule has 0 aromatic carbocycles. The largest absolute Gasteiger partial charge is 0.461 e. The van der Waals surface area contributed by atoms with Crippen molar-refractivity contribution in [1.29, 1.82) is 0 Å². The second-order valence-electron chi connectivity index (χ2n) is 3.90. The molecular weight excluding hydrogens is 280 g/mol. The van der Waals surface area contributed by atoms with Crippen LogP contribution >= 0.6 is 11.3 Å². The van der Waals surface area contributed by atoms with Gasteiger partial charge in [0.15, 0.2) is 0 Å². The topological polar surface area (TPSA) is 86.1 Å². The van der Waals surface area contributed by atoms with E-state index in [2.05, 4.69) is 15.3 Å².